The van der Waals surface area contributed by atoms with Crippen LogP contribution in [0.3, 0.4) is 0 Å². The molecule has 0 bridgehead atoms. The molecule has 2 rings (SSSR count). The van der Waals surface area contributed by atoms with E-state index in [1.807, 2.05) is 31.2 Å². The van der Waals surface area contributed by atoms with Crippen molar-refractivity contribution < 1.29 is 4.39 Å². The lowest BCUT2D eigenvalue weighted by Crippen LogP contribution is -2.14. The second kappa shape index (κ2) is 5.51. The number of aryl methyl sites for hydroxylation is 1. The predicted octanol–water partition coefficient (Wildman–Crippen LogP) is 4.03. The van der Waals surface area contributed by atoms with Crippen LogP contribution in [0, 0.1) is 12.7 Å². The lowest BCUT2D eigenvalue weighted by molar-refractivity contribution is 0.594. The Labute approximate surface area is 111 Å². The van der Waals surface area contributed by atoms with E-state index in [1.54, 1.807) is 12.1 Å². The summed E-state index contributed by atoms with van der Waals surface area (Å²) in [6.07, 6.45) is 0.440. The summed E-state index contributed by atoms with van der Waals surface area (Å²) < 4.78 is 13.8. The third-order valence-corrected chi connectivity index (χ3v) is 3.27. The van der Waals surface area contributed by atoms with Crippen LogP contribution >= 0.6 is 11.6 Å². The zero-order valence-corrected chi connectivity index (χ0v) is 10.9. The van der Waals surface area contributed by atoms with Gasteiger partial charge >= 0.3 is 0 Å². The first-order chi connectivity index (χ1) is 8.58. The molecule has 0 aromatic heterocycles. The van der Waals surface area contributed by atoms with Crippen molar-refractivity contribution in [1.29, 1.82) is 0 Å². The van der Waals surface area contributed by atoms with Crippen LogP contribution in [0.4, 0.5) is 4.39 Å². The molecule has 0 fully saturated rings. The summed E-state index contributed by atoms with van der Waals surface area (Å²) in [5.74, 6) is -0.373. The van der Waals surface area contributed by atoms with Crippen LogP contribution < -0.4 is 5.73 Å². The topological polar surface area (TPSA) is 26.0 Å². The summed E-state index contributed by atoms with van der Waals surface area (Å²) in [5, 5.41) is 0.142. The Bertz CT molecular complexity index is 537. The van der Waals surface area contributed by atoms with Crippen LogP contribution in [0.15, 0.2) is 42.5 Å². The molecule has 2 N–H and O–H groups in total. The van der Waals surface area contributed by atoms with E-state index in [4.69, 9.17) is 17.3 Å². The monoisotopic (exact) mass is 263 g/mol. The van der Waals surface area contributed by atoms with Crippen LogP contribution in [0.1, 0.15) is 22.7 Å². The van der Waals surface area contributed by atoms with Gasteiger partial charge in [0.1, 0.15) is 5.82 Å². The van der Waals surface area contributed by atoms with Crippen molar-refractivity contribution in [3.63, 3.8) is 0 Å². The molecule has 0 spiro atoms. The summed E-state index contributed by atoms with van der Waals surface area (Å²) in [6.45, 7) is 2.02. The molecule has 0 aliphatic carbocycles. The van der Waals surface area contributed by atoms with Crippen molar-refractivity contribution in [1.82, 2.24) is 0 Å². The first-order valence-electron chi connectivity index (χ1n) is 5.83. The van der Waals surface area contributed by atoms with Gasteiger partial charge in [0.2, 0.25) is 0 Å². The van der Waals surface area contributed by atoms with Crippen molar-refractivity contribution in [2.75, 3.05) is 0 Å². The Morgan fingerprint density at radius 2 is 1.83 bits per heavy atom. The van der Waals surface area contributed by atoms with Gasteiger partial charge in [0.05, 0.1) is 5.02 Å². The van der Waals surface area contributed by atoms with E-state index in [9.17, 15) is 4.39 Å². The van der Waals surface area contributed by atoms with Crippen LogP contribution in [0.2, 0.25) is 5.02 Å². The SMILES string of the molecule is Cc1ccc(C(N)Cc2cccc(Cl)c2F)cc1. The highest BCUT2D eigenvalue weighted by molar-refractivity contribution is 6.30. The van der Waals surface area contributed by atoms with E-state index in [1.165, 1.54) is 11.6 Å². The van der Waals surface area contributed by atoms with Gasteiger partial charge in [-0.2, -0.15) is 0 Å². The highest BCUT2D eigenvalue weighted by Gasteiger charge is 2.12. The summed E-state index contributed by atoms with van der Waals surface area (Å²) in [4.78, 5) is 0. The van der Waals surface area contributed by atoms with E-state index in [2.05, 4.69) is 0 Å². The molecule has 3 heteroatoms. The zero-order valence-electron chi connectivity index (χ0n) is 10.2. The van der Waals surface area contributed by atoms with Crippen LogP contribution in [0.25, 0.3) is 0 Å². The molecular weight excluding hydrogens is 249 g/mol. The molecule has 18 heavy (non-hydrogen) atoms. The Morgan fingerprint density at radius 3 is 2.50 bits per heavy atom. The lowest BCUT2D eigenvalue weighted by atomic mass is 9.98. The predicted molar refractivity (Wildman–Crippen MR) is 73.2 cm³/mol. The molecule has 2 aromatic rings. The van der Waals surface area contributed by atoms with E-state index in [-0.39, 0.29) is 16.9 Å². The van der Waals surface area contributed by atoms with Gasteiger partial charge in [0.25, 0.3) is 0 Å². The van der Waals surface area contributed by atoms with Crippen LogP contribution in [0.5, 0.6) is 0 Å². The number of hydrogen-bond donors (Lipinski definition) is 1. The van der Waals surface area contributed by atoms with Gasteiger partial charge < -0.3 is 5.73 Å². The first kappa shape index (κ1) is 13.1. The molecule has 0 heterocycles. The standard InChI is InChI=1S/C15H15ClFN/c1-10-5-7-11(8-6-10)14(18)9-12-3-2-4-13(16)15(12)17/h2-8,14H,9,18H2,1H3. The minimum absolute atomic E-state index is 0.142. The lowest BCUT2D eigenvalue weighted by Gasteiger charge is -2.13. The van der Waals surface area contributed by atoms with Gasteiger partial charge in [0, 0.05) is 6.04 Å². The van der Waals surface area contributed by atoms with Crippen molar-refractivity contribution in [2.45, 2.75) is 19.4 Å². The largest absolute Gasteiger partial charge is 0.324 e. The van der Waals surface area contributed by atoms with Crippen molar-refractivity contribution in [3.8, 4) is 0 Å². The molecule has 0 aliphatic heterocycles. The number of benzene rings is 2. The average Bonchev–Trinajstić information content (AvgIpc) is 2.36. The quantitative estimate of drug-likeness (QED) is 0.889. The molecule has 0 aliphatic rings. The average molecular weight is 264 g/mol. The first-order valence-corrected chi connectivity index (χ1v) is 6.21. The fourth-order valence-corrected chi connectivity index (χ4v) is 2.07. The van der Waals surface area contributed by atoms with Gasteiger partial charge in [-0.15, -0.1) is 0 Å². The fourth-order valence-electron chi connectivity index (χ4n) is 1.87. The number of rotatable bonds is 3. The Kier molecular flexibility index (Phi) is 4.00. The van der Waals surface area contributed by atoms with Gasteiger partial charge in [-0.3, -0.25) is 0 Å². The zero-order chi connectivity index (χ0) is 13.1. The maximum Gasteiger partial charge on any atom is 0.145 e. The number of halogens is 2. The highest BCUT2D eigenvalue weighted by atomic mass is 35.5. The Morgan fingerprint density at radius 1 is 1.17 bits per heavy atom. The molecule has 0 saturated heterocycles. The molecular formula is C15H15ClFN. The van der Waals surface area contributed by atoms with Crippen LogP contribution in [-0.2, 0) is 6.42 Å². The normalized spacial score (nSPS) is 12.4. The van der Waals surface area contributed by atoms with Crippen molar-refractivity contribution in [3.05, 3.63) is 70.0 Å². The second-order valence-corrected chi connectivity index (χ2v) is 4.84. The van der Waals surface area contributed by atoms with E-state index in [0.717, 1.165) is 5.56 Å². The number of nitrogens with two attached hydrogens (primary N) is 1. The maximum absolute atomic E-state index is 13.8. The third kappa shape index (κ3) is 2.89. The summed E-state index contributed by atoms with van der Waals surface area (Å²) in [5.41, 5.74) is 8.82. The molecule has 0 radical (unpaired) electrons. The molecule has 0 amide bonds. The van der Waals surface area contributed by atoms with E-state index >= 15 is 0 Å². The minimum atomic E-state index is -0.373. The molecule has 1 nitrogen and oxygen atoms in total. The van der Waals surface area contributed by atoms with Crippen molar-refractivity contribution in [2.24, 2.45) is 5.73 Å². The smallest absolute Gasteiger partial charge is 0.145 e. The highest BCUT2D eigenvalue weighted by Crippen LogP contribution is 2.22. The van der Waals surface area contributed by atoms with Gasteiger partial charge in [0.15, 0.2) is 0 Å². The van der Waals surface area contributed by atoms with Gasteiger partial charge in [-0.05, 0) is 30.5 Å². The van der Waals surface area contributed by atoms with Crippen molar-refractivity contribution >= 4 is 11.6 Å². The van der Waals surface area contributed by atoms with Gasteiger partial charge in [-0.25, -0.2) is 4.39 Å². The summed E-state index contributed by atoms with van der Waals surface area (Å²) in [7, 11) is 0. The van der Waals surface area contributed by atoms with E-state index < -0.39 is 0 Å². The summed E-state index contributed by atoms with van der Waals surface area (Å²) >= 11 is 5.75. The Balaban J connectivity index is 2.18. The molecule has 0 saturated carbocycles. The molecule has 1 unspecified atom stereocenters. The van der Waals surface area contributed by atoms with E-state index in [0.29, 0.717) is 12.0 Å². The number of hydrogen-bond acceptors (Lipinski definition) is 1. The third-order valence-electron chi connectivity index (χ3n) is 2.98. The fraction of sp³-hybridized carbons (Fsp3) is 0.200. The van der Waals surface area contributed by atoms with Gasteiger partial charge in [-0.1, -0.05) is 53.6 Å². The molecule has 1 atom stereocenters. The molecule has 2 aromatic carbocycles. The molecule has 94 valence electrons. The minimum Gasteiger partial charge on any atom is -0.324 e. The summed E-state index contributed by atoms with van der Waals surface area (Å²) in [6, 6.07) is 12.7. The van der Waals surface area contributed by atoms with Crippen LogP contribution in [-0.4, -0.2) is 0 Å². The second-order valence-electron chi connectivity index (χ2n) is 4.43. The maximum atomic E-state index is 13.8. The Hall–Kier alpha value is -1.38.